The molecule has 0 aromatic carbocycles. The zero-order valence-corrected chi connectivity index (χ0v) is 16.4. The lowest BCUT2D eigenvalue weighted by Crippen LogP contribution is -2.50. The van der Waals surface area contributed by atoms with Crippen molar-refractivity contribution in [3.8, 4) is 11.5 Å². The number of hydrogen-bond donors (Lipinski definition) is 1. The van der Waals surface area contributed by atoms with Crippen LogP contribution in [0, 0.1) is 0 Å². The van der Waals surface area contributed by atoms with Crippen LogP contribution in [0.5, 0.6) is 11.5 Å². The highest BCUT2D eigenvalue weighted by molar-refractivity contribution is 5.98. The lowest BCUT2D eigenvalue weighted by atomic mass is 10.1. The van der Waals surface area contributed by atoms with Crippen LogP contribution in [0.25, 0.3) is 0 Å². The van der Waals surface area contributed by atoms with Crippen LogP contribution in [0.2, 0.25) is 0 Å². The molecule has 0 saturated heterocycles. The minimum Gasteiger partial charge on any atom is -0.492 e. The third-order valence-corrected chi connectivity index (χ3v) is 3.69. The topological polar surface area (TPSA) is 86.8 Å². The third-order valence-electron chi connectivity index (χ3n) is 3.69. The molecule has 0 aliphatic carbocycles. The molecule has 26 heavy (non-hydrogen) atoms. The molecule has 0 aliphatic heterocycles. The van der Waals surface area contributed by atoms with Crippen molar-refractivity contribution >= 4 is 11.9 Å². The fourth-order valence-corrected chi connectivity index (χ4v) is 2.10. The molecule has 0 bridgehead atoms. The molecule has 1 aromatic heterocycles. The molecule has 0 aliphatic rings. The number of carbonyl (C=O) groups is 2. The van der Waals surface area contributed by atoms with E-state index >= 15 is 0 Å². The van der Waals surface area contributed by atoms with Crippen molar-refractivity contribution in [1.82, 2.24) is 10.3 Å². The SMILES string of the molecule is CCCCOc1cnc(C(=O)NC(C)(C)C(=O)OC)c(OCCCC)c1. The van der Waals surface area contributed by atoms with Gasteiger partial charge in [-0.25, -0.2) is 9.78 Å². The van der Waals surface area contributed by atoms with Crippen LogP contribution in [-0.2, 0) is 9.53 Å². The van der Waals surface area contributed by atoms with E-state index in [2.05, 4.69) is 24.1 Å². The normalized spacial score (nSPS) is 11.0. The summed E-state index contributed by atoms with van der Waals surface area (Å²) in [4.78, 5) is 28.6. The number of carbonyl (C=O) groups excluding carboxylic acids is 2. The Bertz CT molecular complexity index is 602. The number of unbranched alkanes of at least 4 members (excludes halogenated alkanes) is 2. The number of hydrogen-bond acceptors (Lipinski definition) is 6. The molecular formula is C19H30N2O5. The summed E-state index contributed by atoms with van der Waals surface area (Å²) < 4.78 is 16.1. The number of esters is 1. The van der Waals surface area contributed by atoms with Crippen molar-refractivity contribution in [2.75, 3.05) is 20.3 Å². The largest absolute Gasteiger partial charge is 0.492 e. The van der Waals surface area contributed by atoms with E-state index in [1.54, 1.807) is 19.9 Å². The number of nitrogens with zero attached hydrogens (tertiary/aromatic N) is 1. The first kappa shape index (κ1) is 21.7. The Morgan fingerprint density at radius 2 is 1.73 bits per heavy atom. The zero-order valence-electron chi connectivity index (χ0n) is 16.4. The number of aromatic nitrogens is 1. The Hall–Kier alpha value is -2.31. The van der Waals surface area contributed by atoms with Gasteiger partial charge in [-0.1, -0.05) is 26.7 Å². The first-order valence-corrected chi connectivity index (χ1v) is 9.02. The Labute approximate surface area is 155 Å². The smallest absolute Gasteiger partial charge is 0.330 e. The van der Waals surface area contributed by atoms with Gasteiger partial charge in [0.25, 0.3) is 5.91 Å². The maximum Gasteiger partial charge on any atom is 0.330 e. The van der Waals surface area contributed by atoms with Crippen molar-refractivity contribution in [1.29, 1.82) is 0 Å². The fourth-order valence-electron chi connectivity index (χ4n) is 2.10. The number of ether oxygens (including phenoxy) is 3. The summed E-state index contributed by atoms with van der Waals surface area (Å²) in [6.45, 7) is 8.31. The van der Waals surface area contributed by atoms with E-state index in [1.165, 1.54) is 13.3 Å². The number of methoxy groups -OCH3 is 1. The van der Waals surface area contributed by atoms with Crippen LogP contribution in [0.15, 0.2) is 12.3 Å². The van der Waals surface area contributed by atoms with Gasteiger partial charge in [-0.15, -0.1) is 0 Å². The lowest BCUT2D eigenvalue weighted by molar-refractivity contribution is -0.146. The molecule has 0 fully saturated rings. The molecule has 0 spiro atoms. The van der Waals surface area contributed by atoms with E-state index in [0.717, 1.165) is 25.7 Å². The highest BCUT2D eigenvalue weighted by Crippen LogP contribution is 2.24. The van der Waals surface area contributed by atoms with Crippen molar-refractivity contribution in [2.24, 2.45) is 0 Å². The number of amides is 1. The monoisotopic (exact) mass is 366 g/mol. The molecule has 1 aromatic rings. The van der Waals surface area contributed by atoms with E-state index in [0.29, 0.717) is 24.7 Å². The summed E-state index contributed by atoms with van der Waals surface area (Å²) in [5, 5.41) is 2.63. The molecule has 7 heteroatoms. The maximum absolute atomic E-state index is 12.6. The highest BCUT2D eigenvalue weighted by atomic mass is 16.5. The van der Waals surface area contributed by atoms with E-state index in [1.807, 2.05) is 0 Å². The zero-order chi connectivity index (χ0) is 19.6. The molecule has 0 radical (unpaired) electrons. The van der Waals surface area contributed by atoms with Gasteiger partial charge in [0, 0.05) is 6.07 Å². The molecule has 1 N–H and O–H groups in total. The fraction of sp³-hybridized carbons (Fsp3) is 0.632. The van der Waals surface area contributed by atoms with Gasteiger partial charge in [0.1, 0.15) is 11.3 Å². The van der Waals surface area contributed by atoms with E-state index in [4.69, 9.17) is 14.2 Å². The number of nitrogens with one attached hydrogen (secondary N) is 1. The van der Waals surface area contributed by atoms with Gasteiger partial charge in [-0.3, -0.25) is 4.79 Å². The Morgan fingerprint density at radius 1 is 1.12 bits per heavy atom. The van der Waals surface area contributed by atoms with Crippen molar-refractivity contribution < 1.29 is 23.8 Å². The molecule has 1 amide bonds. The van der Waals surface area contributed by atoms with Crippen LogP contribution >= 0.6 is 0 Å². The second-order valence-electron chi connectivity index (χ2n) is 6.49. The van der Waals surface area contributed by atoms with Gasteiger partial charge in [-0.05, 0) is 26.7 Å². The van der Waals surface area contributed by atoms with Crippen LogP contribution in [-0.4, -0.2) is 42.7 Å². The number of pyridine rings is 1. The molecule has 146 valence electrons. The average Bonchev–Trinajstić information content (AvgIpc) is 2.61. The Morgan fingerprint density at radius 3 is 2.31 bits per heavy atom. The van der Waals surface area contributed by atoms with E-state index in [9.17, 15) is 9.59 Å². The van der Waals surface area contributed by atoms with Gasteiger partial charge in [0.05, 0.1) is 26.5 Å². The molecule has 7 nitrogen and oxygen atoms in total. The van der Waals surface area contributed by atoms with Crippen LogP contribution in [0.3, 0.4) is 0 Å². The van der Waals surface area contributed by atoms with Gasteiger partial charge < -0.3 is 19.5 Å². The summed E-state index contributed by atoms with van der Waals surface area (Å²) in [6, 6.07) is 1.67. The quantitative estimate of drug-likeness (QED) is 0.478. The minimum absolute atomic E-state index is 0.112. The molecule has 1 rings (SSSR count). The third kappa shape index (κ3) is 6.54. The lowest BCUT2D eigenvalue weighted by Gasteiger charge is -2.23. The summed E-state index contributed by atoms with van der Waals surface area (Å²) >= 11 is 0. The standard InChI is InChI=1S/C19H30N2O5/c1-6-8-10-25-14-12-15(26-11-9-7-2)16(20-13-14)17(22)21-19(3,4)18(23)24-5/h12-13H,6-11H2,1-5H3,(H,21,22). The predicted molar refractivity (Wildman–Crippen MR) is 98.6 cm³/mol. The maximum atomic E-state index is 12.6. The predicted octanol–water partition coefficient (Wildman–Crippen LogP) is 3.12. The van der Waals surface area contributed by atoms with E-state index < -0.39 is 17.4 Å². The highest BCUT2D eigenvalue weighted by Gasteiger charge is 2.32. The van der Waals surface area contributed by atoms with Gasteiger partial charge in [0.15, 0.2) is 11.4 Å². The summed E-state index contributed by atoms with van der Waals surface area (Å²) in [5.74, 6) is -0.162. The van der Waals surface area contributed by atoms with Crippen molar-refractivity contribution in [3.05, 3.63) is 18.0 Å². The molecule has 0 saturated carbocycles. The van der Waals surface area contributed by atoms with Crippen LogP contribution in [0.4, 0.5) is 0 Å². The van der Waals surface area contributed by atoms with E-state index in [-0.39, 0.29) is 5.69 Å². The first-order chi connectivity index (χ1) is 12.4. The minimum atomic E-state index is -1.18. The van der Waals surface area contributed by atoms with Gasteiger partial charge in [0.2, 0.25) is 0 Å². The second-order valence-corrected chi connectivity index (χ2v) is 6.49. The summed E-state index contributed by atoms with van der Waals surface area (Å²) in [7, 11) is 1.27. The van der Waals surface area contributed by atoms with Crippen LogP contribution in [0.1, 0.15) is 63.9 Å². The number of rotatable bonds is 11. The molecular weight excluding hydrogens is 336 g/mol. The summed E-state index contributed by atoms with van der Waals surface area (Å²) in [5.41, 5.74) is -1.06. The van der Waals surface area contributed by atoms with Gasteiger partial charge in [-0.2, -0.15) is 0 Å². The molecule has 0 unspecified atom stereocenters. The van der Waals surface area contributed by atoms with Crippen molar-refractivity contribution in [3.63, 3.8) is 0 Å². The molecule has 0 atom stereocenters. The molecule has 1 heterocycles. The first-order valence-electron chi connectivity index (χ1n) is 9.02. The van der Waals surface area contributed by atoms with Crippen molar-refractivity contribution in [2.45, 2.75) is 58.9 Å². The average molecular weight is 366 g/mol. The summed E-state index contributed by atoms with van der Waals surface area (Å²) in [6.07, 6.45) is 5.27. The van der Waals surface area contributed by atoms with Crippen LogP contribution < -0.4 is 14.8 Å². The Kier molecular flexibility index (Phi) is 8.88. The van der Waals surface area contributed by atoms with Gasteiger partial charge >= 0.3 is 5.97 Å². The second kappa shape index (κ2) is 10.6. The Balaban J connectivity index is 2.98.